The Morgan fingerprint density at radius 2 is 2.18 bits per heavy atom. The molecule has 0 fully saturated rings. The van der Waals surface area contributed by atoms with Crippen LogP contribution in [0.5, 0.6) is 5.75 Å². The normalized spacial score (nSPS) is 13.4. The molecule has 98 valence electrons. The third-order valence-corrected chi connectivity index (χ3v) is 2.34. The fraction of sp³-hybridized carbons (Fsp3) is 0.700. The molecule has 7 heteroatoms. The molecule has 0 saturated heterocycles. The molecule has 0 amide bonds. The van der Waals surface area contributed by atoms with Gasteiger partial charge in [-0.2, -0.15) is 5.10 Å². The summed E-state index contributed by atoms with van der Waals surface area (Å²) in [5.41, 5.74) is 0.0179. The van der Waals surface area contributed by atoms with Crippen LogP contribution in [-0.4, -0.2) is 54.0 Å². The maximum Gasteiger partial charge on any atom is 0.269 e. The topological polar surface area (TPSA) is 50.5 Å². The third kappa shape index (κ3) is 3.37. The van der Waals surface area contributed by atoms with Crippen LogP contribution in [0.25, 0.3) is 0 Å². The number of aliphatic hydroxyl groups is 1. The lowest BCUT2D eigenvalue weighted by molar-refractivity contribution is -0.0122. The summed E-state index contributed by atoms with van der Waals surface area (Å²) in [6, 6.07) is 0. The van der Waals surface area contributed by atoms with Crippen LogP contribution in [0.2, 0.25) is 0 Å². The van der Waals surface area contributed by atoms with Crippen LogP contribution in [0, 0.1) is 0 Å². The maximum absolute atomic E-state index is 12.5. The summed E-state index contributed by atoms with van der Waals surface area (Å²) < 4.78 is 31.3. The molecule has 0 spiro atoms. The zero-order valence-corrected chi connectivity index (χ0v) is 10.1. The van der Waals surface area contributed by atoms with Crippen molar-refractivity contribution in [1.29, 1.82) is 0 Å². The van der Waals surface area contributed by atoms with E-state index in [0.29, 0.717) is 13.1 Å². The van der Waals surface area contributed by atoms with E-state index >= 15 is 0 Å². The molecule has 1 unspecified atom stereocenters. The van der Waals surface area contributed by atoms with Crippen molar-refractivity contribution in [2.24, 2.45) is 0 Å². The van der Waals surface area contributed by atoms with Crippen molar-refractivity contribution in [2.45, 2.75) is 19.1 Å². The monoisotopic (exact) mass is 249 g/mol. The van der Waals surface area contributed by atoms with Crippen molar-refractivity contribution in [3.05, 3.63) is 11.9 Å². The molecule has 17 heavy (non-hydrogen) atoms. The van der Waals surface area contributed by atoms with Crippen molar-refractivity contribution in [1.82, 2.24) is 14.7 Å². The van der Waals surface area contributed by atoms with E-state index in [2.05, 4.69) is 5.10 Å². The Balaban J connectivity index is 2.93. The van der Waals surface area contributed by atoms with Gasteiger partial charge in [0.05, 0.1) is 19.9 Å². The van der Waals surface area contributed by atoms with Gasteiger partial charge in [0.1, 0.15) is 5.69 Å². The standard InChI is InChI=1S/C10H17F2N3O2/c1-14(2)4-5-15-8(9(16)10(11)12)7(17-3)6-13-15/h6,9-10,16H,4-5H2,1-3H3. The van der Waals surface area contributed by atoms with Gasteiger partial charge >= 0.3 is 0 Å². The van der Waals surface area contributed by atoms with Crippen molar-refractivity contribution in [3.63, 3.8) is 0 Å². The van der Waals surface area contributed by atoms with Gasteiger partial charge in [0.2, 0.25) is 0 Å². The fourth-order valence-electron chi connectivity index (χ4n) is 1.43. The Labute approximate surface area is 98.6 Å². The number of hydrogen-bond donors (Lipinski definition) is 1. The van der Waals surface area contributed by atoms with Crippen LogP contribution in [-0.2, 0) is 6.54 Å². The van der Waals surface area contributed by atoms with Gasteiger partial charge in [-0.05, 0) is 14.1 Å². The number of ether oxygens (including phenoxy) is 1. The van der Waals surface area contributed by atoms with E-state index in [1.54, 1.807) is 0 Å². The molecule has 5 nitrogen and oxygen atoms in total. The highest BCUT2D eigenvalue weighted by Crippen LogP contribution is 2.28. The molecule has 0 saturated carbocycles. The summed E-state index contributed by atoms with van der Waals surface area (Å²) in [5, 5.41) is 13.4. The van der Waals surface area contributed by atoms with Gasteiger partial charge in [-0.25, -0.2) is 8.78 Å². The lowest BCUT2D eigenvalue weighted by Crippen LogP contribution is -2.22. The van der Waals surface area contributed by atoms with Gasteiger partial charge in [0.15, 0.2) is 11.9 Å². The number of halogens is 2. The zero-order valence-electron chi connectivity index (χ0n) is 10.1. The molecule has 1 aromatic heterocycles. The van der Waals surface area contributed by atoms with E-state index in [1.165, 1.54) is 18.0 Å². The first-order valence-electron chi connectivity index (χ1n) is 5.18. The van der Waals surface area contributed by atoms with Crippen LogP contribution >= 0.6 is 0 Å². The molecule has 1 atom stereocenters. The molecule has 1 heterocycles. The Morgan fingerprint density at radius 1 is 1.53 bits per heavy atom. The molecule has 0 aliphatic rings. The van der Waals surface area contributed by atoms with Crippen LogP contribution in [0.1, 0.15) is 11.8 Å². The number of likely N-dealkylation sites (N-methyl/N-ethyl adjacent to an activating group) is 1. The second-order valence-corrected chi connectivity index (χ2v) is 3.90. The quantitative estimate of drug-likeness (QED) is 0.808. The minimum atomic E-state index is -2.86. The van der Waals surface area contributed by atoms with E-state index in [-0.39, 0.29) is 11.4 Å². The number of rotatable bonds is 6. The van der Waals surface area contributed by atoms with Gasteiger partial charge in [-0.1, -0.05) is 0 Å². The third-order valence-electron chi connectivity index (χ3n) is 2.34. The molecular formula is C10H17F2N3O2. The van der Waals surface area contributed by atoms with Gasteiger partial charge in [-0.3, -0.25) is 4.68 Å². The van der Waals surface area contributed by atoms with E-state index in [1.807, 2.05) is 19.0 Å². The second-order valence-electron chi connectivity index (χ2n) is 3.90. The van der Waals surface area contributed by atoms with E-state index in [4.69, 9.17) is 4.74 Å². The minimum absolute atomic E-state index is 0.0179. The molecule has 1 N–H and O–H groups in total. The Hall–Kier alpha value is -1.21. The van der Waals surface area contributed by atoms with Crippen LogP contribution in [0.3, 0.4) is 0 Å². The summed E-state index contributed by atoms with van der Waals surface area (Å²) in [7, 11) is 5.09. The smallest absolute Gasteiger partial charge is 0.269 e. The lowest BCUT2D eigenvalue weighted by atomic mass is 10.2. The first kappa shape index (κ1) is 13.9. The Morgan fingerprint density at radius 3 is 2.65 bits per heavy atom. The van der Waals surface area contributed by atoms with E-state index < -0.39 is 12.5 Å². The molecule has 0 aliphatic carbocycles. The highest BCUT2D eigenvalue weighted by atomic mass is 19.3. The fourth-order valence-corrected chi connectivity index (χ4v) is 1.43. The molecule has 0 bridgehead atoms. The molecule has 0 radical (unpaired) electrons. The van der Waals surface area contributed by atoms with E-state index in [0.717, 1.165) is 0 Å². The number of alkyl halides is 2. The first-order valence-corrected chi connectivity index (χ1v) is 5.18. The van der Waals surface area contributed by atoms with Crippen molar-refractivity contribution in [2.75, 3.05) is 27.7 Å². The molecular weight excluding hydrogens is 232 g/mol. The molecule has 0 aromatic carbocycles. The number of aromatic nitrogens is 2. The van der Waals surface area contributed by atoms with Gasteiger partial charge in [-0.15, -0.1) is 0 Å². The molecule has 1 aromatic rings. The number of aliphatic hydroxyl groups excluding tert-OH is 1. The largest absolute Gasteiger partial charge is 0.493 e. The highest BCUT2D eigenvalue weighted by Gasteiger charge is 2.27. The summed E-state index contributed by atoms with van der Waals surface area (Å²) in [6.07, 6.45) is -3.41. The lowest BCUT2D eigenvalue weighted by Gasteiger charge is -2.15. The van der Waals surface area contributed by atoms with Gasteiger partial charge in [0, 0.05) is 6.54 Å². The van der Waals surface area contributed by atoms with Crippen LogP contribution in [0.15, 0.2) is 6.20 Å². The van der Waals surface area contributed by atoms with Crippen LogP contribution in [0.4, 0.5) is 8.78 Å². The van der Waals surface area contributed by atoms with E-state index in [9.17, 15) is 13.9 Å². The Bertz CT molecular complexity index is 355. The van der Waals surface area contributed by atoms with Crippen molar-refractivity contribution in [3.8, 4) is 5.75 Å². The average Bonchev–Trinajstić information content (AvgIpc) is 2.67. The molecule has 1 rings (SSSR count). The number of hydrogen-bond acceptors (Lipinski definition) is 4. The second kappa shape index (κ2) is 5.92. The molecule has 0 aliphatic heterocycles. The predicted octanol–water partition coefficient (Wildman–Crippen LogP) is 0.752. The van der Waals surface area contributed by atoms with Crippen LogP contribution < -0.4 is 4.74 Å². The summed E-state index contributed by atoms with van der Waals surface area (Å²) in [4.78, 5) is 1.90. The summed E-state index contributed by atoms with van der Waals surface area (Å²) in [5.74, 6) is 0.177. The Kier molecular flexibility index (Phi) is 4.83. The van der Waals surface area contributed by atoms with Gasteiger partial charge in [0.25, 0.3) is 6.43 Å². The SMILES string of the molecule is COc1cnn(CCN(C)C)c1C(O)C(F)F. The number of nitrogens with zero attached hydrogens (tertiary/aromatic N) is 3. The zero-order chi connectivity index (χ0) is 13.0. The maximum atomic E-state index is 12.5. The summed E-state index contributed by atoms with van der Waals surface area (Å²) >= 11 is 0. The first-order chi connectivity index (χ1) is 7.97. The average molecular weight is 249 g/mol. The minimum Gasteiger partial charge on any atom is -0.493 e. The van der Waals surface area contributed by atoms with Gasteiger partial charge < -0.3 is 14.7 Å². The number of methoxy groups -OCH3 is 1. The predicted molar refractivity (Wildman–Crippen MR) is 58.3 cm³/mol. The highest BCUT2D eigenvalue weighted by molar-refractivity contribution is 5.27. The van der Waals surface area contributed by atoms with Crippen molar-refractivity contribution >= 4 is 0 Å². The van der Waals surface area contributed by atoms with Crippen molar-refractivity contribution < 1.29 is 18.6 Å². The summed E-state index contributed by atoms with van der Waals surface area (Å²) in [6.45, 7) is 1.04.